The van der Waals surface area contributed by atoms with Gasteiger partial charge >= 0.3 is 6.09 Å². The number of rotatable bonds is 7. The van der Waals surface area contributed by atoms with Gasteiger partial charge in [-0.15, -0.1) is 0 Å². The van der Waals surface area contributed by atoms with Crippen LogP contribution in [-0.4, -0.2) is 78.5 Å². The van der Waals surface area contributed by atoms with E-state index in [2.05, 4.69) is 0 Å². The summed E-state index contributed by atoms with van der Waals surface area (Å²) in [6.45, 7) is 4.66. The second kappa shape index (κ2) is 10.6. The van der Waals surface area contributed by atoms with Crippen molar-refractivity contribution in [2.45, 2.75) is 63.8 Å². The molecule has 37 heavy (non-hydrogen) atoms. The molecule has 2 saturated heterocycles. The van der Waals surface area contributed by atoms with Gasteiger partial charge in [-0.3, -0.25) is 9.59 Å². The van der Waals surface area contributed by atoms with Crippen LogP contribution in [-0.2, 0) is 14.3 Å². The van der Waals surface area contributed by atoms with Crippen LogP contribution in [0.4, 0.5) is 4.79 Å². The number of hydrogen-bond donors (Lipinski definition) is 0. The molecule has 2 saturated carbocycles. The van der Waals surface area contributed by atoms with Gasteiger partial charge in [-0.2, -0.15) is 0 Å². The number of ether oxygens (including phenoxy) is 1. The van der Waals surface area contributed by atoms with Crippen LogP contribution in [0.3, 0.4) is 0 Å². The molecule has 9 heteroatoms. The maximum absolute atomic E-state index is 13.6. The first kappa shape index (κ1) is 26.6. The zero-order valence-corrected chi connectivity index (χ0v) is 23.3. The lowest BCUT2D eigenvalue weighted by Gasteiger charge is -2.34. The van der Waals surface area contributed by atoms with E-state index in [1.165, 1.54) is 12.8 Å². The molecule has 2 aliphatic carbocycles. The van der Waals surface area contributed by atoms with Gasteiger partial charge in [0.1, 0.15) is 0 Å². The SMILES string of the molecule is CN(C(=O)OCCC1CC1)[C@@H]1CN(C(=O)C2CCN(C(=O)C3(C)CC3)CC2)C[C@@H]1c1ccc(Cl)c(Cl)c1. The quantitative estimate of drug-likeness (QED) is 0.469. The first-order valence-electron chi connectivity index (χ1n) is 13.6. The van der Waals surface area contributed by atoms with Crippen molar-refractivity contribution in [3.63, 3.8) is 0 Å². The molecule has 2 heterocycles. The molecule has 2 atom stereocenters. The normalized spacial score (nSPS) is 25.2. The molecule has 7 nitrogen and oxygen atoms in total. The standard InChI is InChI=1S/C28H37Cl2N3O4/c1-28(10-11-28)26(35)32-12-7-19(8-13-32)25(34)33-16-21(20-5-6-22(29)23(30)15-20)24(17-33)31(2)27(36)37-14-9-18-3-4-18/h5-6,15,18-19,21,24H,3-4,7-14,16-17H2,1-2H3/t21-,24-/m1/s1. The number of likely N-dealkylation sites (tertiary alicyclic amines) is 2. The Hall–Kier alpha value is -1.99. The Kier molecular flexibility index (Phi) is 7.65. The highest BCUT2D eigenvalue weighted by Crippen LogP contribution is 2.47. The largest absolute Gasteiger partial charge is 0.449 e. The minimum absolute atomic E-state index is 0.101. The van der Waals surface area contributed by atoms with E-state index < -0.39 is 0 Å². The van der Waals surface area contributed by atoms with Gasteiger partial charge in [0.05, 0.1) is 22.7 Å². The Morgan fingerprint density at radius 1 is 1.03 bits per heavy atom. The van der Waals surface area contributed by atoms with Gasteiger partial charge in [0.15, 0.2) is 0 Å². The summed E-state index contributed by atoms with van der Waals surface area (Å²) in [5.41, 5.74) is 0.773. The van der Waals surface area contributed by atoms with E-state index >= 15 is 0 Å². The van der Waals surface area contributed by atoms with E-state index in [1.54, 1.807) is 18.0 Å². The second-order valence-electron chi connectivity index (χ2n) is 11.7. The smallest absolute Gasteiger partial charge is 0.409 e. The molecular weight excluding hydrogens is 513 g/mol. The molecule has 4 aliphatic rings. The van der Waals surface area contributed by atoms with E-state index in [1.807, 2.05) is 28.9 Å². The summed E-state index contributed by atoms with van der Waals surface area (Å²) in [4.78, 5) is 44.7. The van der Waals surface area contributed by atoms with Crippen LogP contribution in [0.2, 0.25) is 10.0 Å². The van der Waals surface area contributed by atoms with Crippen molar-refractivity contribution in [3.8, 4) is 0 Å². The number of carbonyl (C=O) groups excluding carboxylic acids is 3. The molecule has 0 unspecified atom stereocenters. The van der Waals surface area contributed by atoms with Gasteiger partial charge in [-0.1, -0.05) is 49.0 Å². The summed E-state index contributed by atoms with van der Waals surface area (Å²) in [5.74, 6) is 0.820. The second-order valence-corrected chi connectivity index (χ2v) is 12.5. The third-order valence-corrected chi connectivity index (χ3v) is 9.59. The molecule has 0 spiro atoms. The van der Waals surface area contributed by atoms with Crippen LogP contribution in [0.1, 0.15) is 63.4 Å². The summed E-state index contributed by atoms with van der Waals surface area (Å²) in [6, 6.07) is 5.30. The topological polar surface area (TPSA) is 70.2 Å². The molecule has 0 bridgehead atoms. The maximum atomic E-state index is 13.6. The molecule has 0 radical (unpaired) electrons. The maximum Gasteiger partial charge on any atom is 0.409 e. The number of benzene rings is 1. The van der Waals surface area contributed by atoms with Crippen LogP contribution >= 0.6 is 23.2 Å². The Morgan fingerprint density at radius 2 is 1.73 bits per heavy atom. The third-order valence-electron chi connectivity index (χ3n) is 8.85. The lowest BCUT2D eigenvalue weighted by atomic mass is 9.93. The van der Waals surface area contributed by atoms with Crippen LogP contribution in [0.15, 0.2) is 18.2 Å². The lowest BCUT2D eigenvalue weighted by Crippen LogP contribution is -2.46. The fraction of sp³-hybridized carbons (Fsp3) is 0.679. The van der Waals surface area contributed by atoms with Crippen molar-refractivity contribution in [1.82, 2.24) is 14.7 Å². The van der Waals surface area contributed by atoms with Crippen molar-refractivity contribution < 1.29 is 19.1 Å². The van der Waals surface area contributed by atoms with Gasteiger partial charge < -0.3 is 19.4 Å². The van der Waals surface area contributed by atoms with Crippen LogP contribution in [0.25, 0.3) is 0 Å². The van der Waals surface area contributed by atoms with E-state index in [-0.39, 0.29) is 41.2 Å². The number of piperidine rings is 1. The third kappa shape index (κ3) is 5.88. The number of hydrogen-bond acceptors (Lipinski definition) is 4. The average molecular weight is 551 g/mol. The molecule has 0 aromatic heterocycles. The molecular formula is C28H37Cl2N3O4. The van der Waals surface area contributed by atoms with Crippen molar-refractivity contribution in [3.05, 3.63) is 33.8 Å². The predicted molar refractivity (Wildman–Crippen MR) is 143 cm³/mol. The molecule has 202 valence electrons. The number of halogens is 2. The Labute approximate surface area is 229 Å². The van der Waals surface area contributed by atoms with Crippen molar-refractivity contribution in [2.75, 3.05) is 39.8 Å². The summed E-state index contributed by atoms with van der Waals surface area (Å²) in [5, 5.41) is 0.931. The fourth-order valence-electron chi connectivity index (χ4n) is 5.76. The molecule has 2 aliphatic heterocycles. The Balaban J connectivity index is 1.25. The van der Waals surface area contributed by atoms with E-state index in [9.17, 15) is 14.4 Å². The predicted octanol–water partition coefficient (Wildman–Crippen LogP) is 5.20. The van der Waals surface area contributed by atoms with Gasteiger partial charge in [0, 0.05) is 50.5 Å². The first-order chi connectivity index (χ1) is 17.7. The van der Waals surface area contributed by atoms with Crippen molar-refractivity contribution >= 4 is 41.1 Å². The minimum atomic E-state index is -0.356. The van der Waals surface area contributed by atoms with Crippen LogP contribution in [0.5, 0.6) is 0 Å². The zero-order chi connectivity index (χ0) is 26.3. The minimum Gasteiger partial charge on any atom is -0.449 e. The zero-order valence-electron chi connectivity index (χ0n) is 21.8. The van der Waals surface area contributed by atoms with Crippen molar-refractivity contribution in [1.29, 1.82) is 0 Å². The van der Waals surface area contributed by atoms with Gasteiger partial charge in [-0.05, 0) is 55.7 Å². The highest BCUT2D eigenvalue weighted by atomic mass is 35.5. The van der Waals surface area contributed by atoms with E-state index in [0.717, 1.165) is 24.8 Å². The number of likely N-dealkylation sites (N-methyl/N-ethyl adjacent to an activating group) is 1. The number of amides is 3. The van der Waals surface area contributed by atoms with Crippen LogP contribution < -0.4 is 0 Å². The fourth-order valence-corrected chi connectivity index (χ4v) is 6.06. The van der Waals surface area contributed by atoms with Gasteiger partial charge in [0.25, 0.3) is 0 Å². The van der Waals surface area contributed by atoms with Crippen LogP contribution in [0, 0.1) is 17.3 Å². The van der Waals surface area contributed by atoms with Crippen molar-refractivity contribution in [2.24, 2.45) is 17.3 Å². The lowest BCUT2D eigenvalue weighted by molar-refractivity contribution is -0.142. The van der Waals surface area contributed by atoms with E-state index in [0.29, 0.717) is 61.6 Å². The number of nitrogens with zero attached hydrogens (tertiary/aromatic N) is 3. The van der Waals surface area contributed by atoms with Gasteiger partial charge in [-0.25, -0.2) is 4.79 Å². The molecule has 5 rings (SSSR count). The molecule has 1 aromatic rings. The average Bonchev–Trinajstić information content (AvgIpc) is 3.83. The highest BCUT2D eigenvalue weighted by Gasteiger charge is 2.48. The molecule has 4 fully saturated rings. The molecule has 1 aromatic carbocycles. The van der Waals surface area contributed by atoms with Gasteiger partial charge in [0.2, 0.25) is 11.8 Å². The summed E-state index contributed by atoms with van der Waals surface area (Å²) < 4.78 is 5.57. The monoisotopic (exact) mass is 549 g/mol. The summed E-state index contributed by atoms with van der Waals surface area (Å²) in [6.07, 6.45) is 6.28. The summed E-state index contributed by atoms with van der Waals surface area (Å²) >= 11 is 12.5. The summed E-state index contributed by atoms with van der Waals surface area (Å²) in [7, 11) is 1.76. The first-order valence-corrected chi connectivity index (χ1v) is 14.3. The Morgan fingerprint density at radius 3 is 2.35 bits per heavy atom. The highest BCUT2D eigenvalue weighted by molar-refractivity contribution is 6.42. The Bertz CT molecular complexity index is 1050. The number of carbonyl (C=O) groups is 3. The molecule has 3 amide bonds. The molecule has 0 N–H and O–H groups in total. The van der Waals surface area contributed by atoms with E-state index in [4.69, 9.17) is 27.9 Å².